The second-order valence-corrected chi connectivity index (χ2v) is 5.63. The van der Waals surface area contributed by atoms with Crippen molar-refractivity contribution in [1.82, 2.24) is 4.90 Å². The van der Waals surface area contributed by atoms with Crippen LogP contribution in [0.4, 0.5) is 0 Å². The molecule has 1 aromatic rings. The van der Waals surface area contributed by atoms with E-state index in [4.69, 9.17) is 17.3 Å². The van der Waals surface area contributed by atoms with Gasteiger partial charge >= 0.3 is 0 Å². The van der Waals surface area contributed by atoms with Crippen LogP contribution in [0.2, 0.25) is 5.02 Å². The molecule has 1 aliphatic rings. The molecule has 0 saturated carbocycles. The lowest BCUT2D eigenvalue weighted by atomic mass is 9.94. The van der Waals surface area contributed by atoms with Gasteiger partial charge in [0.05, 0.1) is 0 Å². The number of aryl methyl sites for hydroxylation is 1. The number of halogens is 1. The summed E-state index contributed by atoms with van der Waals surface area (Å²) < 4.78 is 0. The van der Waals surface area contributed by atoms with Crippen molar-refractivity contribution in [3.63, 3.8) is 0 Å². The van der Waals surface area contributed by atoms with Crippen LogP contribution in [0.15, 0.2) is 18.2 Å². The van der Waals surface area contributed by atoms with Gasteiger partial charge in [-0.05, 0) is 43.0 Å². The highest BCUT2D eigenvalue weighted by Crippen LogP contribution is 2.20. The van der Waals surface area contributed by atoms with Crippen LogP contribution in [-0.4, -0.2) is 29.9 Å². The molecule has 0 spiro atoms. The summed E-state index contributed by atoms with van der Waals surface area (Å²) in [7, 11) is 0. The minimum absolute atomic E-state index is 0.0550. The number of nitrogens with two attached hydrogens (primary N) is 1. The first-order valence-corrected chi connectivity index (χ1v) is 6.67. The van der Waals surface area contributed by atoms with Crippen LogP contribution in [0.3, 0.4) is 0 Å². The van der Waals surface area contributed by atoms with Crippen molar-refractivity contribution in [2.75, 3.05) is 13.1 Å². The number of nitrogens with zero attached hydrogens (tertiary/aromatic N) is 1. The maximum Gasteiger partial charge on any atom is 0.253 e. The van der Waals surface area contributed by atoms with Crippen molar-refractivity contribution < 1.29 is 4.79 Å². The Labute approximate surface area is 113 Å². The third-order valence-electron chi connectivity index (χ3n) is 3.55. The molecule has 4 heteroatoms. The average molecular weight is 267 g/mol. The fourth-order valence-electron chi connectivity index (χ4n) is 2.39. The number of hydrogen-bond acceptors (Lipinski definition) is 2. The Morgan fingerprint density at radius 2 is 2.17 bits per heavy atom. The summed E-state index contributed by atoms with van der Waals surface area (Å²) in [5.74, 6) is 0.405. The summed E-state index contributed by atoms with van der Waals surface area (Å²) in [5, 5.41) is 0.611. The van der Waals surface area contributed by atoms with Crippen LogP contribution >= 0.6 is 11.6 Å². The molecule has 1 aliphatic heterocycles. The molecule has 2 unspecified atom stereocenters. The molecule has 1 fully saturated rings. The van der Waals surface area contributed by atoms with Gasteiger partial charge in [-0.1, -0.05) is 18.5 Å². The second kappa shape index (κ2) is 5.29. The minimum atomic E-state index is 0.0550. The Balaban J connectivity index is 2.16. The summed E-state index contributed by atoms with van der Waals surface area (Å²) in [6, 6.07) is 5.67. The molecule has 1 amide bonds. The van der Waals surface area contributed by atoms with E-state index < -0.39 is 0 Å². The Hall–Kier alpha value is -1.06. The first-order chi connectivity index (χ1) is 8.47. The van der Waals surface area contributed by atoms with Gasteiger partial charge in [0.15, 0.2) is 0 Å². The molecule has 0 radical (unpaired) electrons. The van der Waals surface area contributed by atoms with Gasteiger partial charge in [-0.2, -0.15) is 0 Å². The number of likely N-dealkylation sites (tertiary alicyclic amines) is 1. The third-order valence-corrected chi connectivity index (χ3v) is 3.77. The zero-order valence-electron chi connectivity index (χ0n) is 10.8. The maximum atomic E-state index is 12.4. The zero-order chi connectivity index (χ0) is 13.3. The molecule has 1 saturated heterocycles. The molecule has 1 aromatic carbocycles. The van der Waals surface area contributed by atoms with E-state index >= 15 is 0 Å². The molecule has 2 atom stereocenters. The fourth-order valence-corrected chi connectivity index (χ4v) is 2.68. The molecule has 2 rings (SSSR count). The van der Waals surface area contributed by atoms with E-state index in [9.17, 15) is 4.79 Å². The number of amides is 1. The topological polar surface area (TPSA) is 46.3 Å². The number of piperidine rings is 1. The van der Waals surface area contributed by atoms with E-state index in [2.05, 4.69) is 6.92 Å². The Bertz CT molecular complexity index is 441. The molecule has 2 N–H and O–H groups in total. The molecule has 1 heterocycles. The summed E-state index contributed by atoms with van der Waals surface area (Å²) in [4.78, 5) is 14.3. The van der Waals surface area contributed by atoms with Crippen molar-refractivity contribution in [1.29, 1.82) is 0 Å². The van der Waals surface area contributed by atoms with Gasteiger partial charge in [0.25, 0.3) is 5.91 Å². The average Bonchev–Trinajstić information content (AvgIpc) is 2.30. The quantitative estimate of drug-likeness (QED) is 0.849. The number of hydrogen-bond donors (Lipinski definition) is 1. The van der Waals surface area contributed by atoms with Crippen LogP contribution in [0, 0.1) is 12.8 Å². The van der Waals surface area contributed by atoms with E-state index in [-0.39, 0.29) is 11.9 Å². The zero-order valence-corrected chi connectivity index (χ0v) is 11.6. The molecule has 98 valence electrons. The van der Waals surface area contributed by atoms with Crippen LogP contribution < -0.4 is 5.73 Å². The van der Waals surface area contributed by atoms with Gasteiger partial charge in [0.2, 0.25) is 0 Å². The van der Waals surface area contributed by atoms with Gasteiger partial charge in [0, 0.05) is 29.7 Å². The van der Waals surface area contributed by atoms with Gasteiger partial charge in [-0.15, -0.1) is 0 Å². The third kappa shape index (κ3) is 2.85. The molecule has 3 nitrogen and oxygen atoms in total. The van der Waals surface area contributed by atoms with Crippen LogP contribution in [-0.2, 0) is 0 Å². The molecule has 0 bridgehead atoms. The predicted molar refractivity (Wildman–Crippen MR) is 73.8 cm³/mol. The van der Waals surface area contributed by atoms with Crippen LogP contribution in [0.25, 0.3) is 0 Å². The highest BCUT2D eigenvalue weighted by Gasteiger charge is 2.26. The lowest BCUT2D eigenvalue weighted by Crippen LogP contribution is -2.48. The van der Waals surface area contributed by atoms with E-state index in [0.29, 0.717) is 16.5 Å². The molecule has 18 heavy (non-hydrogen) atoms. The lowest BCUT2D eigenvalue weighted by Gasteiger charge is -2.35. The lowest BCUT2D eigenvalue weighted by molar-refractivity contribution is 0.0664. The summed E-state index contributed by atoms with van der Waals surface area (Å²) in [6.07, 6.45) is 0.868. The molecular formula is C14H19ClN2O. The number of rotatable bonds is 1. The number of benzene rings is 1. The minimum Gasteiger partial charge on any atom is -0.338 e. The fraction of sp³-hybridized carbons (Fsp3) is 0.500. The van der Waals surface area contributed by atoms with E-state index in [1.54, 1.807) is 6.07 Å². The summed E-state index contributed by atoms with van der Waals surface area (Å²) >= 11 is 5.99. The van der Waals surface area contributed by atoms with E-state index in [0.717, 1.165) is 25.1 Å². The van der Waals surface area contributed by atoms with Crippen molar-refractivity contribution in [3.05, 3.63) is 34.3 Å². The molecular weight excluding hydrogens is 248 g/mol. The van der Waals surface area contributed by atoms with E-state index in [1.165, 1.54) is 0 Å². The second-order valence-electron chi connectivity index (χ2n) is 5.20. The van der Waals surface area contributed by atoms with Crippen molar-refractivity contribution in [3.8, 4) is 0 Å². The first-order valence-electron chi connectivity index (χ1n) is 6.29. The van der Waals surface area contributed by atoms with Gasteiger partial charge in [-0.3, -0.25) is 4.79 Å². The highest BCUT2D eigenvalue weighted by molar-refractivity contribution is 6.31. The van der Waals surface area contributed by atoms with Gasteiger partial charge in [-0.25, -0.2) is 0 Å². The largest absolute Gasteiger partial charge is 0.338 e. The van der Waals surface area contributed by atoms with Gasteiger partial charge < -0.3 is 10.6 Å². The van der Waals surface area contributed by atoms with Crippen LogP contribution in [0.1, 0.15) is 29.3 Å². The molecule has 0 aliphatic carbocycles. The molecule has 0 aromatic heterocycles. The standard InChI is InChI=1S/C14H19ClN2O/c1-9-5-11(7-12(15)6-9)14(18)17-4-3-13(16)10(2)8-17/h5-7,10,13H,3-4,8,16H2,1-2H3. The Kier molecular flexibility index (Phi) is 3.93. The SMILES string of the molecule is Cc1cc(Cl)cc(C(=O)N2CCC(N)C(C)C2)c1. The van der Waals surface area contributed by atoms with Crippen molar-refractivity contribution in [2.45, 2.75) is 26.3 Å². The predicted octanol–water partition coefficient (Wildman–Crippen LogP) is 2.46. The summed E-state index contributed by atoms with van der Waals surface area (Å²) in [6.45, 7) is 5.49. The monoisotopic (exact) mass is 266 g/mol. The number of carbonyl (C=O) groups is 1. The van der Waals surface area contributed by atoms with Gasteiger partial charge in [0.1, 0.15) is 0 Å². The Morgan fingerprint density at radius 1 is 1.44 bits per heavy atom. The summed E-state index contributed by atoms with van der Waals surface area (Å²) in [5.41, 5.74) is 7.64. The number of carbonyl (C=O) groups excluding carboxylic acids is 1. The van der Waals surface area contributed by atoms with Crippen molar-refractivity contribution >= 4 is 17.5 Å². The van der Waals surface area contributed by atoms with E-state index in [1.807, 2.05) is 24.0 Å². The first kappa shape index (κ1) is 13.4. The smallest absolute Gasteiger partial charge is 0.253 e. The van der Waals surface area contributed by atoms with Crippen LogP contribution in [0.5, 0.6) is 0 Å². The Morgan fingerprint density at radius 3 is 2.78 bits per heavy atom. The normalized spacial score (nSPS) is 24.1. The highest BCUT2D eigenvalue weighted by atomic mass is 35.5. The maximum absolute atomic E-state index is 12.4. The van der Waals surface area contributed by atoms with Crippen molar-refractivity contribution in [2.24, 2.45) is 11.7 Å².